The second-order valence-corrected chi connectivity index (χ2v) is 6.55. The Bertz CT molecular complexity index is 807. The molecule has 144 valence electrons. The fraction of sp³-hybridized carbons (Fsp3) is 0.350. The van der Waals surface area contributed by atoms with Crippen LogP contribution < -0.4 is 4.90 Å². The summed E-state index contributed by atoms with van der Waals surface area (Å²) in [6.45, 7) is 7.73. The van der Waals surface area contributed by atoms with Gasteiger partial charge in [-0.15, -0.1) is 12.4 Å². The van der Waals surface area contributed by atoms with Crippen molar-refractivity contribution < 1.29 is 4.79 Å². The summed E-state index contributed by atoms with van der Waals surface area (Å²) >= 11 is 6.25. The molecule has 1 aromatic carbocycles. The molecule has 0 fully saturated rings. The molecule has 0 atom stereocenters. The number of aromatic nitrogens is 1. The Morgan fingerprint density at radius 1 is 1.19 bits per heavy atom. The van der Waals surface area contributed by atoms with Crippen LogP contribution in [0.15, 0.2) is 47.6 Å². The van der Waals surface area contributed by atoms with Gasteiger partial charge in [-0.25, -0.2) is 0 Å². The number of pyridine rings is 1. The van der Waals surface area contributed by atoms with Crippen LogP contribution in [0.3, 0.4) is 0 Å². The lowest BCUT2D eigenvalue weighted by Crippen LogP contribution is -2.39. The lowest BCUT2D eigenvalue weighted by Gasteiger charge is -2.26. The average molecular weight is 407 g/mol. The number of benzene rings is 1. The molecule has 2 aromatic rings. The SMILES string of the molecule is CCN(CC)CCN1C(=O)CN=C(c2ccccn2)c2cc(Cl)ccc21.Cl. The molecule has 0 unspecified atom stereocenters. The van der Waals surface area contributed by atoms with Crippen molar-refractivity contribution in [1.82, 2.24) is 9.88 Å². The van der Waals surface area contributed by atoms with E-state index in [1.54, 1.807) is 6.20 Å². The molecule has 0 aliphatic carbocycles. The molecule has 0 bridgehead atoms. The summed E-state index contributed by atoms with van der Waals surface area (Å²) in [6, 6.07) is 11.3. The molecule has 1 aliphatic rings. The van der Waals surface area contributed by atoms with E-state index in [0.29, 0.717) is 17.3 Å². The maximum atomic E-state index is 12.8. The highest BCUT2D eigenvalue weighted by molar-refractivity contribution is 6.31. The van der Waals surface area contributed by atoms with E-state index in [-0.39, 0.29) is 24.9 Å². The molecule has 0 N–H and O–H groups in total. The van der Waals surface area contributed by atoms with Gasteiger partial charge in [-0.2, -0.15) is 0 Å². The van der Waals surface area contributed by atoms with Crippen LogP contribution in [0.2, 0.25) is 5.02 Å². The van der Waals surface area contributed by atoms with Gasteiger partial charge in [0.15, 0.2) is 0 Å². The first-order chi connectivity index (χ1) is 12.6. The summed E-state index contributed by atoms with van der Waals surface area (Å²) in [5, 5.41) is 0.616. The van der Waals surface area contributed by atoms with Crippen molar-refractivity contribution in [2.24, 2.45) is 4.99 Å². The maximum Gasteiger partial charge on any atom is 0.248 e. The number of fused-ring (bicyclic) bond motifs is 1. The third-order valence-electron chi connectivity index (χ3n) is 4.62. The number of benzodiazepines with no additional fused rings is 1. The third-order valence-corrected chi connectivity index (χ3v) is 4.85. The first kappa shape index (κ1) is 21.4. The summed E-state index contributed by atoms with van der Waals surface area (Å²) in [6.07, 6.45) is 1.73. The van der Waals surface area contributed by atoms with E-state index >= 15 is 0 Å². The first-order valence-corrected chi connectivity index (χ1v) is 9.30. The van der Waals surface area contributed by atoms with Crippen LogP contribution >= 0.6 is 24.0 Å². The van der Waals surface area contributed by atoms with Crippen molar-refractivity contribution in [3.63, 3.8) is 0 Å². The molecule has 1 amide bonds. The summed E-state index contributed by atoms with van der Waals surface area (Å²) in [7, 11) is 0. The first-order valence-electron chi connectivity index (χ1n) is 8.92. The zero-order valence-electron chi connectivity index (χ0n) is 15.6. The summed E-state index contributed by atoms with van der Waals surface area (Å²) in [5.74, 6) is -0.00772. The van der Waals surface area contributed by atoms with E-state index in [1.165, 1.54) is 0 Å². The molecule has 0 saturated carbocycles. The van der Waals surface area contributed by atoms with Gasteiger partial charge >= 0.3 is 0 Å². The molecule has 5 nitrogen and oxygen atoms in total. The van der Waals surface area contributed by atoms with Gasteiger partial charge < -0.3 is 9.80 Å². The lowest BCUT2D eigenvalue weighted by molar-refractivity contribution is -0.117. The predicted octanol–water partition coefficient (Wildman–Crippen LogP) is 3.68. The Morgan fingerprint density at radius 3 is 2.63 bits per heavy atom. The molecule has 0 spiro atoms. The number of likely N-dealkylation sites (N-methyl/N-ethyl adjacent to an activating group) is 1. The standard InChI is InChI=1S/C20H23ClN4O.ClH/c1-3-24(4-2)11-12-25-18-9-8-15(21)13-16(18)20(23-14-19(25)26)17-7-5-6-10-22-17;/h5-10,13H,3-4,11-12,14H2,1-2H3;1H. The van der Waals surface area contributed by atoms with E-state index in [2.05, 4.69) is 28.7 Å². The molecule has 1 aliphatic heterocycles. The summed E-state index contributed by atoms with van der Waals surface area (Å²) < 4.78 is 0. The summed E-state index contributed by atoms with van der Waals surface area (Å²) in [5.41, 5.74) is 3.14. The Morgan fingerprint density at radius 2 is 1.96 bits per heavy atom. The Balaban J connectivity index is 0.00000261. The molecule has 0 radical (unpaired) electrons. The van der Waals surface area contributed by atoms with Crippen molar-refractivity contribution in [2.45, 2.75) is 13.8 Å². The van der Waals surface area contributed by atoms with E-state index in [9.17, 15) is 4.79 Å². The van der Waals surface area contributed by atoms with Crippen molar-refractivity contribution in [3.8, 4) is 0 Å². The Kier molecular flexibility index (Phi) is 7.78. The van der Waals surface area contributed by atoms with Crippen LogP contribution in [0.4, 0.5) is 5.69 Å². The lowest BCUT2D eigenvalue weighted by atomic mass is 10.0. The topological polar surface area (TPSA) is 48.8 Å². The normalized spacial score (nSPS) is 13.7. The fourth-order valence-electron chi connectivity index (χ4n) is 3.13. The van der Waals surface area contributed by atoms with Crippen LogP contribution in [-0.2, 0) is 4.79 Å². The minimum absolute atomic E-state index is 0. The summed E-state index contributed by atoms with van der Waals surface area (Å²) in [4.78, 5) is 25.9. The number of halogens is 2. The van der Waals surface area contributed by atoms with Crippen LogP contribution in [0.25, 0.3) is 0 Å². The zero-order valence-corrected chi connectivity index (χ0v) is 17.1. The molecule has 2 heterocycles. The number of hydrogen-bond donors (Lipinski definition) is 0. The second kappa shape index (κ2) is 9.83. The highest BCUT2D eigenvalue weighted by Crippen LogP contribution is 2.29. The molecule has 0 saturated heterocycles. The number of rotatable bonds is 6. The molecule has 3 rings (SSSR count). The maximum absolute atomic E-state index is 12.8. The number of hydrogen-bond acceptors (Lipinski definition) is 4. The molecular formula is C20H24Cl2N4O. The van der Waals surface area contributed by atoms with Crippen molar-refractivity contribution in [2.75, 3.05) is 37.6 Å². The quantitative estimate of drug-likeness (QED) is 0.734. The van der Waals surface area contributed by atoms with Gasteiger partial charge in [-0.3, -0.25) is 14.8 Å². The minimum Gasteiger partial charge on any atom is -0.309 e. The number of amides is 1. The van der Waals surface area contributed by atoms with Crippen LogP contribution in [-0.4, -0.2) is 54.2 Å². The van der Waals surface area contributed by atoms with Crippen molar-refractivity contribution in [3.05, 3.63) is 58.9 Å². The van der Waals surface area contributed by atoms with Gasteiger partial charge in [-0.1, -0.05) is 31.5 Å². The number of nitrogens with zero attached hydrogens (tertiary/aromatic N) is 4. The average Bonchev–Trinajstić information content (AvgIpc) is 2.80. The van der Waals surface area contributed by atoms with Gasteiger partial charge in [0.2, 0.25) is 5.91 Å². The van der Waals surface area contributed by atoms with Crippen molar-refractivity contribution >= 4 is 41.3 Å². The predicted molar refractivity (Wildman–Crippen MR) is 114 cm³/mol. The van der Waals surface area contributed by atoms with Gasteiger partial charge in [-0.05, 0) is 43.4 Å². The molecule has 1 aromatic heterocycles. The van der Waals surface area contributed by atoms with Crippen LogP contribution in [0, 0.1) is 0 Å². The molecular weight excluding hydrogens is 383 g/mol. The highest BCUT2D eigenvalue weighted by Gasteiger charge is 2.26. The van der Waals surface area contributed by atoms with Gasteiger partial charge in [0.25, 0.3) is 0 Å². The Hall–Kier alpha value is -1.95. The number of anilines is 1. The van der Waals surface area contributed by atoms with Crippen LogP contribution in [0.1, 0.15) is 25.1 Å². The largest absolute Gasteiger partial charge is 0.309 e. The zero-order chi connectivity index (χ0) is 18.5. The smallest absolute Gasteiger partial charge is 0.248 e. The fourth-order valence-corrected chi connectivity index (χ4v) is 3.31. The van der Waals surface area contributed by atoms with E-state index < -0.39 is 0 Å². The van der Waals surface area contributed by atoms with E-state index in [1.807, 2.05) is 41.3 Å². The monoisotopic (exact) mass is 406 g/mol. The minimum atomic E-state index is -0.00772. The van der Waals surface area contributed by atoms with E-state index in [0.717, 1.165) is 36.6 Å². The molecule has 7 heteroatoms. The van der Waals surface area contributed by atoms with Crippen LogP contribution in [0.5, 0.6) is 0 Å². The number of carbonyl (C=O) groups excluding carboxylic acids is 1. The number of aliphatic imine (C=N–C) groups is 1. The van der Waals surface area contributed by atoms with Crippen molar-refractivity contribution in [1.29, 1.82) is 0 Å². The number of carbonyl (C=O) groups is 1. The van der Waals surface area contributed by atoms with Gasteiger partial charge in [0.1, 0.15) is 6.54 Å². The Labute approximate surface area is 171 Å². The van der Waals surface area contributed by atoms with Gasteiger partial charge in [0, 0.05) is 29.9 Å². The van der Waals surface area contributed by atoms with E-state index in [4.69, 9.17) is 11.6 Å². The van der Waals surface area contributed by atoms with Gasteiger partial charge in [0.05, 0.1) is 17.1 Å². The second-order valence-electron chi connectivity index (χ2n) is 6.11. The highest BCUT2D eigenvalue weighted by atomic mass is 35.5. The third kappa shape index (κ3) is 4.86. The molecule has 27 heavy (non-hydrogen) atoms.